The summed E-state index contributed by atoms with van der Waals surface area (Å²) in [4.78, 5) is 13.6. The van der Waals surface area contributed by atoms with E-state index < -0.39 is 0 Å². The minimum atomic E-state index is -0.0515. The molecular formula is C23H34BrNO. The fourth-order valence-corrected chi connectivity index (χ4v) is 11.1. The molecule has 1 amide bonds. The predicted octanol–water partition coefficient (Wildman–Crippen LogP) is 5.44. The van der Waals surface area contributed by atoms with E-state index in [0.717, 1.165) is 48.9 Å². The van der Waals surface area contributed by atoms with Crippen LogP contribution in [0.1, 0.15) is 84.0 Å². The van der Waals surface area contributed by atoms with Gasteiger partial charge < -0.3 is 5.32 Å². The van der Waals surface area contributed by atoms with Gasteiger partial charge in [-0.15, -0.1) is 0 Å². The number of alkyl halides is 1. The molecule has 1 N–H and O–H groups in total. The molecule has 144 valence electrons. The van der Waals surface area contributed by atoms with Gasteiger partial charge in [0.15, 0.2) is 0 Å². The molecule has 26 heavy (non-hydrogen) atoms. The van der Waals surface area contributed by atoms with Crippen LogP contribution in [0.5, 0.6) is 0 Å². The summed E-state index contributed by atoms with van der Waals surface area (Å²) < 4.78 is 0.276. The molecule has 0 aromatic heterocycles. The molecule has 0 aromatic rings. The van der Waals surface area contributed by atoms with Crippen molar-refractivity contribution in [3.05, 3.63) is 0 Å². The van der Waals surface area contributed by atoms with Gasteiger partial charge in [0, 0.05) is 10.4 Å². The van der Waals surface area contributed by atoms with Crippen LogP contribution in [-0.2, 0) is 4.79 Å². The highest BCUT2D eigenvalue weighted by Gasteiger charge is 2.60. The quantitative estimate of drug-likeness (QED) is 0.605. The Hall–Kier alpha value is -0.0500. The standard InChI is InChI=1S/C23H34BrNO/c1-14(21-6-15-2-16(7-21)4-17(3-15)8-21)25-20(26)22-9-18-5-19(10-22)12-23(24,11-18)13-22/h14-19H,2-13H2,1H3,(H,25,26)/t14-,15?,16?,17?,18-,19+,21?,22?,23?/m1/s1. The first kappa shape index (κ1) is 16.9. The topological polar surface area (TPSA) is 29.1 Å². The number of amides is 1. The van der Waals surface area contributed by atoms with Crippen LogP contribution in [0, 0.1) is 40.4 Å². The van der Waals surface area contributed by atoms with Gasteiger partial charge in [-0.3, -0.25) is 4.79 Å². The summed E-state index contributed by atoms with van der Waals surface area (Å²) in [6, 6.07) is 0.377. The van der Waals surface area contributed by atoms with Gasteiger partial charge in [0.2, 0.25) is 5.91 Å². The third-order valence-electron chi connectivity index (χ3n) is 9.82. The largest absolute Gasteiger partial charge is 0.353 e. The molecule has 0 aliphatic heterocycles. The summed E-state index contributed by atoms with van der Waals surface area (Å²) in [5.41, 5.74) is 0.378. The normalized spacial score (nSPS) is 57.4. The van der Waals surface area contributed by atoms with E-state index in [2.05, 4.69) is 28.2 Å². The van der Waals surface area contributed by atoms with E-state index in [0.29, 0.717) is 17.4 Å². The summed E-state index contributed by atoms with van der Waals surface area (Å²) >= 11 is 4.08. The first-order valence-corrected chi connectivity index (χ1v) is 12.1. The monoisotopic (exact) mass is 419 g/mol. The second kappa shape index (κ2) is 5.30. The molecule has 0 radical (unpaired) electrons. The van der Waals surface area contributed by atoms with Crippen LogP contribution in [0.2, 0.25) is 0 Å². The Morgan fingerprint density at radius 3 is 1.85 bits per heavy atom. The van der Waals surface area contributed by atoms with Crippen LogP contribution in [0.25, 0.3) is 0 Å². The van der Waals surface area contributed by atoms with Gasteiger partial charge in [0.1, 0.15) is 0 Å². The lowest BCUT2D eigenvalue weighted by atomic mass is 9.47. The van der Waals surface area contributed by atoms with E-state index in [1.165, 1.54) is 57.8 Å². The number of rotatable bonds is 3. The van der Waals surface area contributed by atoms with Crippen LogP contribution in [0.15, 0.2) is 0 Å². The maximum Gasteiger partial charge on any atom is 0.226 e. The fourth-order valence-electron chi connectivity index (χ4n) is 9.63. The minimum Gasteiger partial charge on any atom is -0.353 e. The molecule has 0 saturated heterocycles. The van der Waals surface area contributed by atoms with Gasteiger partial charge >= 0.3 is 0 Å². The molecule has 5 atom stereocenters. The first-order chi connectivity index (χ1) is 12.4. The molecule has 8 rings (SSSR count). The van der Waals surface area contributed by atoms with Crippen LogP contribution in [0.4, 0.5) is 0 Å². The summed E-state index contributed by atoms with van der Waals surface area (Å²) in [7, 11) is 0. The van der Waals surface area contributed by atoms with Gasteiger partial charge in [-0.1, -0.05) is 15.9 Å². The number of nitrogens with one attached hydrogen (secondary N) is 1. The minimum absolute atomic E-state index is 0.0515. The highest BCUT2D eigenvalue weighted by molar-refractivity contribution is 9.10. The number of hydrogen-bond donors (Lipinski definition) is 1. The SMILES string of the molecule is C[C@@H](NC(=O)C12C[C@@H]3C[C@@H](CC(Br)(C3)C1)C2)C12CC3CC(CC(C3)C1)C2. The number of carbonyl (C=O) groups excluding carboxylic acids is 1. The molecular weight excluding hydrogens is 386 g/mol. The Kier molecular flexibility index (Phi) is 3.44. The average Bonchev–Trinajstić information content (AvgIpc) is 2.51. The van der Waals surface area contributed by atoms with Gasteiger partial charge in [-0.05, 0) is 119 Å². The molecule has 0 aromatic carbocycles. The zero-order valence-electron chi connectivity index (χ0n) is 16.2. The lowest BCUT2D eigenvalue weighted by Gasteiger charge is -2.61. The smallest absolute Gasteiger partial charge is 0.226 e. The van der Waals surface area contributed by atoms with Crippen molar-refractivity contribution in [3.8, 4) is 0 Å². The summed E-state index contributed by atoms with van der Waals surface area (Å²) in [5, 5.41) is 3.65. The van der Waals surface area contributed by atoms with Crippen molar-refractivity contribution in [1.29, 1.82) is 0 Å². The summed E-state index contributed by atoms with van der Waals surface area (Å²) in [6.07, 6.45) is 16.0. The maximum absolute atomic E-state index is 13.6. The Bertz CT molecular complexity index is 593. The van der Waals surface area contributed by atoms with Crippen molar-refractivity contribution in [3.63, 3.8) is 0 Å². The summed E-state index contributed by atoms with van der Waals surface area (Å²) in [5.74, 6) is 4.90. The molecule has 8 aliphatic carbocycles. The fraction of sp³-hybridized carbons (Fsp3) is 0.957. The van der Waals surface area contributed by atoms with Crippen LogP contribution < -0.4 is 5.32 Å². The van der Waals surface area contributed by atoms with Crippen LogP contribution >= 0.6 is 15.9 Å². The number of halogens is 1. The molecule has 0 heterocycles. The van der Waals surface area contributed by atoms with E-state index in [4.69, 9.17) is 0 Å². The van der Waals surface area contributed by atoms with E-state index >= 15 is 0 Å². The van der Waals surface area contributed by atoms with E-state index in [-0.39, 0.29) is 9.74 Å². The number of hydrogen-bond acceptors (Lipinski definition) is 1. The Morgan fingerprint density at radius 2 is 1.35 bits per heavy atom. The van der Waals surface area contributed by atoms with Gasteiger partial charge in [0.05, 0.1) is 5.41 Å². The van der Waals surface area contributed by atoms with Crippen molar-refractivity contribution in [2.75, 3.05) is 0 Å². The molecule has 0 spiro atoms. The van der Waals surface area contributed by atoms with E-state index in [9.17, 15) is 4.79 Å². The highest BCUT2D eigenvalue weighted by atomic mass is 79.9. The molecule has 3 heteroatoms. The van der Waals surface area contributed by atoms with E-state index in [1.807, 2.05) is 0 Å². The van der Waals surface area contributed by atoms with Gasteiger partial charge in [-0.25, -0.2) is 0 Å². The highest BCUT2D eigenvalue weighted by Crippen LogP contribution is 2.65. The molecule has 8 bridgehead atoms. The van der Waals surface area contributed by atoms with Crippen molar-refractivity contribution in [2.45, 2.75) is 94.3 Å². The average molecular weight is 420 g/mol. The van der Waals surface area contributed by atoms with Crippen molar-refractivity contribution < 1.29 is 4.79 Å². The van der Waals surface area contributed by atoms with Crippen molar-refractivity contribution >= 4 is 21.8 Å². The third-order valence-corrected chi connectivity index (χ3v) is 10.8. The van der Waals surface area contributed by atoms with Crippen LogP contribution in [0.3, 0.4) is 0 Å². The Balaban J connectivity index is 1.22. The zero-order chi connectivity index (χ0) is 17.7. The first-order valence-electron chi connectivity index (χ1n) is 11.4. The molecule has 2 nitrogen and oxygen atoms in total. The van der Waals surface area contributed by atoms with Crippen molar-refractivity contribution in [2.24, 2.45) is 40.4 Å². The predicted molar refractivity (Wildman–Crippen MR) is 107 cm³/mol. The third kappa shape index (κ3) is 2.37. The number of carbonyl (C=O) groups is 1. The lowest BCUT2D eigenvalue weighted by Crippen LogP contribution is -2.62. The van der Waals surface area contributed by atoms with E-state index in [1.54, 1.807) is 0 Å². The second-order valence-corrected chi connectivity index (χ2v) is 13.5. The summed E-state index contributed by atoms with van der Waals surface area (Å²) in [6.45, 7) is 2.36. The molecule has 2 unspecified atom stereocenters. The van der Waals surface area contributed by atoms with Gasteiger partial charge in [-0.2, -0.15) is 0 Å². The Morgan fingerprint density at radius 1 is 0.846 bits per heavy atom. The second-order valence-electron chi connectivity index (χ2n) is 11.9. The molecule has 8 fully saturated rings. The van der Waals surface area contributed by atoms with Gasteiger partial charge in [0.25, 0.3) is 0 Å². The molecule has 8 aliphatic rings. The maximum atomic E-state index is 13.6. The molecule has 8 saturated carbocycles. The zero-order valence-corrected chi connectivity index (χ0v) is 17.8. The Labute approximate surface area is 166 Å². The van der Waals surface area contributed by atoms with Crippen molar-refractivity contribution in [1.82, 2.24) is 5.32 Å². The van der Waals surface area contributed by atoms with Crippen LogP contribution in [-0.4, -0.2) is 16.3 Å². The lowest BCUT2D eigenvalue weighted by molar-refractivity contribution is -0.148.